The van der Waals surface area contributed by atoms with Crippen molar-refractivity contribution in [1.82, 2.24) is 15.2 Å². The molecular formula is C10H9N3O. The van der Waals surface area contributed by atoms with Gasteiger partial charge >= 0.3 is 0 Å². The van der Waals surface area contributed by atoms with E-state index in [-0.39, 0.29) is 11.6 Å². The van der Waals surface area contributed by atoms with Crippen molar-refractivity contribution < 1.29 is 4.79 Å². The summed E-state index contributed by atoms with van der Waals surface area (Å²) in [6.45, 7) is 1.94. The fourth-order valence-electron chi connectivity index (χ4n) is 1.24. The van der Waals surface area contributed by atoms with Crippen LogP contribution in [0.3, 0.4) is 0 Å². The normalized spacial score (nSPS) is 10.1. The van der Waals surface area contributed by atoms with Crippen molar-refractivity contribution in [3.05, 3.63) is 47.5 Å². The van der Waals surface area contributed by atoms with Crippen molar-refractivity contribution in [2.75, 3.05) is 0 Å². The summed E-state index contributed by atoms with van der Waals surface area (Å²) in [4.78, 5) is 15.5. The predicted molar refractivity (Wildman–Crippen MR) is 51.0 cm³/mol. The minimum absolute atomic E-state index is 0.133. The number of aromatic amines is 1. The first kappa shape index (κ1) is 8.62. The molecule has 0 fully saturated rings. The minimum atomic E-state index is -0.133. The molecular weight excluding hydrogens is 178 g/mol. The van der Waals surface area contributed by atoms with Crippen LogP contribution < -0.4 is 0 Å². The van der Waals surface area contributed by atoms with Gasteiger partial charge in [-0.1, -0.05) is 23.8 Å². The molecule has 0 aliphatic carbocycles. The Kier molecular flexibility index (Phi) is 2.10. The van der Waals surface area contributed by atoms with Crippen LogP contribution >= 0.6 is 0 Å². The molecule has 0 aliphatic heterocycles. The number of rotatable bonds is 2. The highest BCUT2D eigenvalue weighted by molar-refractivity contribution is 6.06. The molecule has 4 nitrogen and oxygen atoms in total. The van der Waals surface area contributed by atoms with Crippen LogP contribution in [-0.4, -0.2) is 21.0 Å². The van der Waals surface area contributed by atoms with Crippen LogP contribution in [0.15, 0.2) is 30.6 Å². The summed E-state index contributed by atoms with van der Waals surface area (Å²) >= 11 is 0. The van der Waals surface area contributed by atoms with Gasteiger partial charge in [0, 0.05) is 5.56 Å². The topological polar surface area (TPSA) is 58.6 Å². The quantitative estimate of drug-likeness (QED) is 0.722. The van der Waals surface area contributed by atoms with Gasteiger partial charge in [-0.15, -0.1) is 0 Å². The van der Waals surface area contributed by atoms with Gasteiger partial charge in [0.1, 0.15) is 6.33 Å². The number of hydrogen-bond donors (Lipinski definition) is 1. The van der Waals surface area contributed by atoms with Gasteiger partial charge in [-0.2, -0.15) is 5.10 Å². The van der Waals surface area contributed by atoms with Gasteiger partial charge < -0.3 is 0 Å². The lowest BCUT2D eigenvalue weighted by Crippen LogP contribution is -2.03. The number of carbonyl (C=O) groups excluding carboxylic acids is 1. The number of aromatic nitrogens is 3. The van der Waals surface area contributed by atoms with Gasteiger partial charge in [0.15, 0.2) is 5.82 Å². The third kappa shape index (κ3) is 1.54. The van der Waals surface area contributed by atoms with E-state index in [1.807, 2.05) is 25.1 Å². The third-order valence-corrected chi connectivity index (χ3v) is 1.91. The second kappa shape index (κ2) is 3.41. The maximum Gasteiger partial charge on any atom is 0.229 e. The predicted octanol–water partition coefficient (Wildman–Crippen LogP) is 1.34. The Morgan fingerprint density at radius 1 is 1.43 bits per heavy atom. The second-order valence-electron chi connectivity index (χ2n) is 3.03. The monoisotopic (exact) mass is 187 g/mol. The highest BCUT2D eigenvalue weighted by Gasteiger charge is 2.10. The van der Waals surface area contributed by atoms with Crippen molar-refractivity contribution in [3.63, 3.8) is 0 Å². The molecule has 0 atom stereocenters. The molecule has 0 saturated carbocycles. The van der Waals surface area contributed by atoms with Crippen LogP contribution in [0.1, 0.15) is 21.7 Å². The van der Waals surface area contributed by atoms with E-state index >= 15 is 0 Å². The highest BCUT2D eigenvalue weighted by Crippen LogP contribution is 2.07. The Labute approximate surface area is 81.0 Å². The fourth-order valence-corrected chi connectivity index (χ4v) is 1.24. The van der Waals surface area contributed by atoms with Gasteiger partial charge in [-0.05, 0) is 13.0 Å². The maximum absolute atomic E-state index is 11.7. The molecule has 0 aliphatic rings. The van der Waals surface area contributed by atoms with Crippen LogP contribution in [0.2, 0.25) is 0 Å². The summed E-state index contributed by atoms with van der Waals surface area (Å²) in [5.41, 5.74) is 1.68. The van der Waals surface area contributed by atoms with Crippen molar-refractivity contribution in [2.45, 2.75) is 6.92 Å². The molecule has 1 heterocycles. The molecule has 1 N–H and O–H groups in total. The number of carbonyl (C=O) groups is 1. The van der Waals surface area contributed by atoms with Crippen LogP contribution in [0.25, 0.3) is 0 Å². The first-order chi connectivity index (χ1) is 6.77. The number of benzene rings is 1. The molecule has 0 saturated heterocycles. The van der Waals surface area contributed by atoms with Crippen LogP contribution in [-0.2, 0) is 0 Å². The Bertz CT molecular complexity index is 448. The Morgan fingerprint density at radius 3 is 2.93 bits per heavy atom. The molecule has 0 amide bonds. The molecule has 2 rings (SSSR count). The molecule has 14 heavy (non-hydrogen) atoms. The maximum atomic E-state index is 11.7. The van der Waals surface area contributed by atoms with E-state index in [0.29, 0.717) is 5.56 Å². The molecule has 0 unspecified atom stereocenters. The van der Waals surface area contributed by atoms with Gasteiger partial charge in [0.25, 0.3) is 0 Å². The number of nitrogens with one attached hydrogen (secondary N) is 1. The van der Waals surface area contributed by atoms with Gasteiger partial charge in [0.05, 0.1) is 0 Å². The van der Waals surface area contributed by atoms with Gasteiger partial charge in [-0.25, -0.2) is 4.98 Å². The number of hydrogen-bond acceptors (Lipinski definition) is 3. The molecule has 4 heteroatoms. The van der Waals surface area contributed by atoms with Crippen molar-refractivity contribution in [2.24, 2.45) is 0 Å². The molecule has 70 valence electrons. The Hall–Kier alpha value is -1.97. The first-order valence-corrected chi connectivity index (χ1v) is 4.24. The summed E-state index contributed by atoms with van der Waals surface area (Å²) in [5.74, 6) is 0.141. The van der Waals surface area contributed by atoms with Crippen LogP contribution in [0.4, 0.5) is 0 Å². The number of nitrogens with zero attached hydrogens (tertiary/aromatic N) is 2. The van der Waals surface area contributed by atoms with Crippen LogP contribution in [0.5, 0.6) is 0 Å². The van der Waals surface area contributed by atoms with E-state index in [1.54, 1.807) is 6.07 Å². The van der Waals surface area contributed by atoms with Crippen molar-refractivity contribution >= 4 is 5.78 Å². The van der Waals surface area contributed by atoms with E-state index in [2.05, 4.69) is 15.2 Å². The average Bonchev–Trinajstić information content (AvgIpc) is 2.69. The largest absolute Gasteiger partial charge is 0.285 e. The zero-order chi connectivity index (χ0) is 9.97. The average molecular weight is 187 g/mol. The van der Waals surface area contributed by atoms with E-state index in [1.165, 1.54) is 6.33 Å². The Morgan fingerprint density at radius 2 is 2.29 bits per heavy atom. The van der Waals surface area contributed by atoms with Crippen molar-refractivity contribution in [1.29, 1.82) is 0 Å². The van der Waals surface area contributed by atoms with Gasteiger partial charge in [-0.3, -0.25) is 9.89 Å². The number of aryl methyl sites for hydroxylation is 1. The zero-order valence-corrected chi connectivity index (χ0v) is 7.69. The van der Waals surface area contributed by atoms with Gasteiger partial charge in [0.2, 0.25) is 5.78 Å². The minimum Gasteiger partial charge on any atom is -0.285 e. The first-order valence-electron chi connectivity index (χ1n) is 4.24. The summed E-state index contributed by atoms with van der Waals surface area (Å²) in [6, 6.07) is 7.37. The molecule has 0 bridgehead atoms. The summed E-state index contributed by atoms with van der Waals surface area (Å²) in [6.07, 6.45) is 1.32. The molecule has 0 radical (unpaired) electrons. The summed E-state index contributed by atoms with van der Waals surface area (Å²) < 4.78 is 0. The lowest BCUT2D eigenvalue weighted by molar-refractivity contribution is 0.102. The smallest absolute Gasteiger partial charge is 0.229 e. The molecule has 1 aromatic heterocycles. The lowest BCUT2D eigenvalue weighted by Gasteiger charge is -1.97. The second-order valence-corrected chi connectivity index (χ2v) is 3.03. The standard InChI is InChI=1S/C10H9N3O/c1-7-3-2-4-8(5-7)9(14)10-11-6-12-13-10/h2-6H,1H3,(H,11,12,13). The molecule has 2 aromatic rings. The number of H-pyrrole nitrogens is 1. The zero-order valence-electron chi connectivity index (χ0n) is 7.69. The molecule has 0 spiro atoms. The fraction of sp³-hybridized carbons (Fsp3) is 0.100. The lowest BCUT2D eigenvalue weighted by atomic mass is 10.1. The summed E-state index contributed by atoms with van der Waals surface area (Å²) in [7, 11) is 0. The van der Waals surface area contributed by atoms with E-state index in [4.69, 9.17) is 0 Å². The SMILES string of the molecule is Cc1cccc(C(=O)c2ncn[nH]2)c1. The highest BCUT2D eigenvalue weighted by atomic mass is 16.1. The van der Waals surface area contributed by atoms with E-state index in [0.717, 1.165) is 5.56 Å². The van der Waals surface area contributed by atoms with E-state index in [9.17, 15) is 4.79 Å². The van der Waals surface area contributed by atoms with Crippen LogP contribution in [0, 0.1) is 6.92 Å². The summed E-state index contributed by atoms with van der Waals surface area (Å²) in [5, 5.41) is 6.18. The Balaban J connectivity index is 2.37. The molecule has 1 aromatic carbocycles. The van der Waals surface area contributed by atoms with E-state index < -0.39 is 0 Å². The van der Waals surface area contributed by atoms with Crippen molar-refractivity contribution in [3.8, 4) is 0 Å². The third-order valence-electron chi connectivity index (χ3n) is 1.91. The number of ketones is 1.